The molecule has 31 heavy (non-hydrogen) atoms. The lowest BCUT2D eigenvalue weighted by Gasteiger charge is -2.38. The first kappa shape index (κ1) is 20.5. The zero-order valence-corrected chi connectivity index (χ0v) is 18.7. The van der Waals surface area contributed by atoms with Crippen molar-refractivity contribution >= 4 is 11.6 Å². The van der Waals surface area contributed by atoms with Crippen molar-refractivity contribution in [1.82, 2.24) is 10.6 Å². The SMILES string of the molecule is CC[C@@H]1CC[C@@H](NCc2cc3c(cc2OC)[C@@H]2C[C@@H]2C(=O)N3C)[C@@H](c2ccccc2)N1. The van der Waals surface area contributed by atoms with Gasteiger partial charge in [0.25, 0.3) is 0 Å². The Kier molecular flexibility index (Phi) is 5.49. The average molecular weight is 420 g/mol. The van der Waals surface area contributed by atoms with Gasteiger partial charge in [0, 0.05) is 48.9 Å². The van der Waals surface area contributed by atoms with Gasteiger partial charge in [0.2, 0.25) is 5.91 Å². The zero-order chi connectivity index (χ0) is 21.5. The number of carbonyl (C=O) groups excluding carboxylic acids is 1. The number of nitrogens with one attached hydrogen (secondary N) is 2. The lowest BCUT2D eigenvalue weighted by Crippen LogP contribution is -2.49. The molecule has 164 valence electrons. The number of rotatable bonds is 6. The monoisotopic (exact) mass is 419 g/mol. The molecule has 0 radical (unpaired) electrons. The summed E-state index contributed by atoms with van der Waals surface area (Å²) < 4.78 is 5.77. The minimum absolute atomic E-state index is 0.178. The Morgan fingerprint density at radius 3 is 2.71 bits per heavy atom. The Hall–Kier alpha value is -2.37. The van der Waals surface area contributed by atoms with Gasteiger partial charge in [-0.2, -0.15) is 0 Å². The molecule has 3 aliphatic rings. The highest BCUT2D eigenvalue weighted by atomic mass is 16.5. The molecule has 5 atom stereocenters. The van der Waals surface area contributed by atoms with Crippen LogP contribution < -0.4 is 20.3 Å². The van der Waals surface area contributed by atoms with Gasteiger partial charge in [0.15, 0.2) is 0 Å². The van der Waals surface area contributed by atoms with E-state index in [9.17, 15) is 4.79 Å². The fraction of sp³-hybridized carbons (Fsp3) is 0.500. The van der Waals surface area contributed by atoms with Crippen molar-refractivity contribution in [3.05, 3.63) is 59.2 Å². The Bertz CT molecular complexity index is 961. The third-order valence-corrected chi connectivity index (χ3v) is 7.48. The molecule has 2 aliphatic heterocycles. The molecule has 0 aromatic heterocycles. The fourth-order valence-corrected chi connectivity index (χ4v) is 5.49. The van der Waals surface area contributed by atoms with E-state index in [2.05, 4.69) is 60.0 Å². The summed E-state index contributed by atoms with van der Waals surface area (Å²) >= 11 is 0. The maximum absolute atomic E-state index is 12.5. The van der Waals surface area contributed by atoms with E-state index in [0.717, 1.165) is 42.8 Å². The van der Waals surface area contributed by atoms with Gasteiger partial charge in [-0.15, -0.1) is 0 Å². The molecule has 1 saturated heterocycles. The zero-order valence-electron chi connectivity index (χ0n) is 18.7. The van der Waals surface area contributed by atoms with Crippen LogP contribution >= 0.6 is 0 Å². The highest BCUT2D eigenvalue weighted by molar-refractivity contribution is 6.01. The molecule has 2 aromatic carbocycles. The summed E-state index contributed by atoms with van der Waals surface area (Å²) in [5.74, 6) is 1.74. The molecular weight excluding hydrogens is 386 g/mol. The van der Waals surface area contributed by atoms with Crippen molar-refractivity contribution in [2.45, 2.75) is 63.2 Å². The summed E-state index contributed by atoms with van der Waals surface area (Å²) in [7, 11) is 3.65. The van der Waals surface area contributed by atoms with Crippen LogP contribution in [0.2, 0.25) is 0 Å². The molecule has 1 amide bonds. The van der Waals surface area contributed by atoms with Gasteiger partial charge in [-0.3, -0.25) is 4.79 Å². The summed E-state index contributed by atoms with van der Waals surface area (Å²) in [5, 5.41) is 7.68. The minimum Gasteiger partial charge on any atom is -0.496 e. The lowest BCUT2D eigenvalue weighted by atomic mass is 9.88. The van der Waals surface area contributed by atoms with Crippen LogP contribution in [0, 0.1) is 5.92 Å². The van der Waals surface area contributed by atoms with Crippen LogP contribution in [0.5, 0.6) is 5.75 Å². The first-order valence-corrected chi connectivity index (χ1v) is 11.6. The predicted molar refractivity (Wildman–Crippen MR) is 124 cm³/mol. The predicted octanol–water partition coefficient (Wildman–Crippen LogP) is 4.14. The lowest BCUT2D eigenvalue weighted by molar-refractivity contribution is -0.119. The van der Waals surface area contributed by atoms with E-state index in [0.29, 0.717) is 24.0 Å². The van der Waals surface area contributed by atoms with Crippen molar-refractivity contribution < 1.29 is 9.53 Å². The number of ether oxygens (including phenoxy) is 1. The van der Waals surface area contributed by atoms with Crippen molar-refractivity contribution in [2.24, 2.45) is 5.92 Å². The van der Waals surface area contributed by atoms with Gasteiger partial charge in [-0.05, 0) is 54.9 Å². The summed E-state index contributed by atoms with van der Waals surface area (Å²) in [6, 6.07) is 16.3. The number of methoxy groups -OCH3 is 1. The first-order valence-electron chi connectivity index (χ1n) is 11.6. The summed E-state index contributed by atoms with van der Waals surface area (Å²) in [6.45, 7) is 2.98. The number of hydrogen-bond donors (Lipinski definition) is 2. The van der Waals surface area contributed by atoms with Gasteiger partial charge >= 0.3 is 0 Å². The second-order valence-corrected chi connectivity index (χ2v) is 9.29. The maximum atomic E-state index is 12.5. The summed E-state index contributed by atoms with van der Waals surface area (Å²) in [5.41, 5.74) is 4.76. The van der Waals surface area contributed by atoms with Crippen LogP contribution in [0.3, 0.4) is 0 Å². The smallest absolute Gasteiger partial charge is 0.230 e. The van der Waals surface area contributed by atoms with Gasteiger partial charge in [-0.25, -0.2) is 0 Å². The van der Waals surface area contributed by atoms with Crippen LogP contribution in [0.25, 0.3) is 0 Å². The topological polar surface area (TPSA) is 53.6 Å². The number of hydrogen-bond acceptors (Lipinski definition) is 4. The maximum Gasteiger partial charge on any atom is 0.230 e. The van der Waals surface area contributed by atoms with Crippen molar-refractivity contribution in [1.29, 1.82) is 0 Å². The van der Waals surface area contributed by atoms with E-state index in [-0.39, 0.29) is 11.8 Å². The van der Waals surface area contributed by atoms with E-state index in [4.69, 9.17) is 4.74 Å². The minimum atomic E-state index is 0.178. The van der Waals surface area contributed by atoms with Crippen LogP contribution in [0.1, 0.15) is 61.3 Å². The summed E-state index contributed by atoms with van der Waals surface area (Å²) in [6.07, 6.45) is 4.44. The Labute approximate surface area is 185 Å². The van der Waals surface area contributed by atoms with Crippen LogP contribution in [-0.2, 0) is 11.3 Å². The van der Waals surface area contributed by atoms with Crippen LogP contribution in [0.15, 0.2) is 42.5 Å². The molecule has 0 unspecified atom stereocenters. The molecule has 2 N–H and O–H groups in total. The molecule has 2 heterocycles. The van der Waals surface area contributed by atoms with Gasteiger partial charge < -0.3 is 20.3 Å². The normalized spacial score (nSPS) is 29.3. The number of carbonyl (C=O) groups is 1. The second kappa shape index (κ2) is 8.29. The van der Waals surface area contributed by atoms with E-state index in [1.54, 1.807) is 7.11 Å². The third kappa shape index (κ3) is 3.74. The molecule has 0 bridgehead atoms. The van der Waals surface area contributed by atoms with E-state index in [1.807, 2.05) is 11.9 Å². The van der Waals surface area contributed by atoms with Crippen molar-refractivity contribution in [3.8, 4) is 5.75 Å². The molecule has 5 heteroatoms. The van der Waals surface area contributed by atoms with E-state index >= 15 is 0 Å². The average Bonchev–Trinajstić information content (AvgIpc) is 3.62. The van der Waals surface area contributed by atoms with Gasteiger partial charge in [0.1, 0.15) is 5.75 Å². The number of piperidine rings is 1. The molecule has 1 saturated carbocycles. The molecule has 0 spiro atoms. The second-order valence-electron chi connectivity index (χ2n) is 9.29. The molecule has 1 aliphatic carbocycles. The number of benzene rings is 2. The summed E-state index contributed by atoms with van der Waals surface area (Å²) in [4.78, 5) is 14.4. The Morgan fingerprint density at radius 2 is 1.97 bits per heavy atom. The molecular formula is C26H33N3O2. The third-order valence-electron chi connectivity index (χ3n) is 7.48. The number of nitrogens with zero attached hydrogens (tertiary/aromatic N) is 1. The van der Waals surface area contributed by atoms with E-state index in [1.165, 1.54) is 17.5 Å². The molecule has 2 aromatic rings. The van der Waals surface area contributed by atoms with E-state index < -0.39 is 0 Å². The molecule has 2 fully saturated rings. The van der Waals surface area contributed by atoms with Crippen molar-refractivity contribution in [3.63, 3.8) is 0 Å². The molecule has 5 nitrogen and oxygen atoms in total. The number of anilines is 1. The Balaban J connectivity index is 1.38. The van der Waals surface area contributed by atoms with Crippen molar-refractivity contribution in [2.75, 3.05) is 19.1 Å². The standard InChI is InChI=1S/C26H33N3O2/c1-4-18-10-11-22(25(28-18)16-8-6-5-7-9-16)27-15-17-12-23-20(14-24(17)31-3)19-13-21(19)26(30)29(23)2/h5-9,12,14,18-19,21-22,25,27-28H,4,10-11,13,15H2,1-3H3/t18-,19+,21+,22-,25-/m1/s1. The number of fused-ring (bicyclic) bond motifs is 3. The highest BCUT2D eigenvalue weighted by Gasteiger charge is 2.50. The van der Waals surface area contributed by atoms with Crippen LogP contribution in [-0.4, -0.2) is 32.1 Å². The Morgan fingerprint density at radius 1 is 1.16 bits per heavy atom. The quantitative estimate of drug-likeness (QED) is 0.739. The van der Waals surface area contributed by atoms with Gasteiger partial charge in [-0.1, -0.05) is 37.3 Å². The first-order chi connectivity index (χ1) is 15.1. The fourth-order valence-electron chi connectivity index (χ4n) is 5.49. The largest absolute Gasteiger partial charge is 0.496 e. The van der Waals surface area contributed by atoms with Crippen LogP contribution in [0.4, 0.5) is 5.69 Å². The molecule has 5 rings (SSSR count). The highest BCUT2D eigenvalue weighted by Crippen LogP contribution is 2.56. The number of amides is 1. The van der Waals surface area contributed by atoms with Gasteiger partial charge in [0.05, 0.1) is 7.11 Å².